The van der Waals surface area contributed by atoms with Crippen molar-refractivity contribution in [1.82, 2.24) is 14.8 Å². The summed E-state index contributed by atoms with van der Waals surface area (Å²) in [5.41, 5.74) is 1.01. The molecule has 0 saturated carbocycles. The first kappa shape index (κ1) is 16.9. The summed E-state index contributed by atoms with van der Waals surface area (Å²) >= 11 is 6.22. The lowest BCUT2D eigenvalue weighted by atomic mass is 9.83. The molecule has 0 radical (unpaired) electrons. The van der Waals surface area contributed by atoms with Gasteiger partial charge in [0.1, 0.15) is 6.54 Å². The maximum absolute atomic E-state index is 12.5. The number of hydrogen-bond acceptors (Lipinski definition) is 2. The number of hydrogen-bond donors (Lipinski definition) is 1. The third-order valence-electron chi connectivity index (χ3n) is 5.86. The van der Waals surface area contributed by atoms with E-state index in [0.29, 0.717) is 18.5 Å². The van der Waals surface area contributed by atoms with E-state index in [0.717, 1.165) is 22.5 Å². The lowest BCUT2D eigenvalue weighted by molar-refractivity contribution is -0.122. The van der Waals surface area contributed by atoms with E-state index in [1.54, 1.807) is 0 Å². The molecule has 0 unspecified atom stereocenters. The maximum Gasteiger partial charge on any atom is 0.239 e. The Morgan fingerprint density at radius 2 is 2.04 bits per heavy atom. The van der Waals surface area contributed by atoms with Crippen LogP contribution in [-0.2, 0) is 11.3 Å². The van der Waals surface area contributed by atoms with Gasteiger partial charge < -0.3 is 14.8 Å². The van der Waals surface area contributed by atoms with E-state index < -0.39 is 0 Å². The van der Waals surface area contributed by atoms with Crippen molar-refractivity contribution in [2.75, 3.05) is 19.6 Å². The zero-order valence-electron chi connectivity index (χ0n) is 14.6. The SMILES string of the molecule is O=C(Cn1ccc2c(Cl)cccc21)NC[C@@H]1CCCN2CCCC[C@H]12. The molecule has 2 aromatic rings. The Hall–Kier alpha value is -1.52. The van der Waals surface area contributed by atoms with Crippen LogP contribution in [0.1, 0.15) is 32.1 Å². The summed E-state index contributed by atoms with van der Waals surface area (Å²) in [6, 6.07) is 8.47. The van der Waals surface area contributed by atoms with Gasteiger partial charge in [-0.3, -0.25) is 4.79 Å². The summed E-state index contributed by atoms with van der Waals surface area (Å²) < 4.78 is 1.98. The lowest BCUT2D eigenvalue weighted by Gasteiger charge is -2.44. The van der Waals surface area contributed by atoms with Crippen LogP contribution < -0.4 is 5.32 Å². The fourth-order valence-electron chi connectivity index (χ4n) is 4.59. The fraction of sp³-hybridized carbons (Fsp3) is 0.550. The van der Waals surface area contributed by atoms with Gasteiger partial charge in [-0.05, 0) is 62.9 Å². The van der Waals surface area contributed by atoms with E-state index in [1.165, 1.54) is 45.2 Å². The minimum atomic E-state index is 0.0883. The van der Waals surface area contributed by atoms with Gasteiger partial charge in [0.05, 0.1) is 0 Å². The topological polar surface area (TPSA) is 37.3 Å². The Bertz CT molecular complexity index is 754. The number of amides is 1. The van der Waals surface area contributed by atoms with Crippen LogP contribution >= 0.6 is 11.6 Å². The van der Waals surface area contributed by atoms with Gasteiger partial charge in [0, 0.05) is 34.7 Å². The third-order valence-corrected chi connectivity index (χ3v) is 6.19. The predicted molar refractivity (Wildman–Crippen MR) is 102 cm³/mol. The van der Waals surface area contributed by atoms with Crippen molar-refractivity contribution in [3.05, 3.63) is 35.5 Å². The van der Waals surface area contributed by atoms with Gasteiger partial charge in [-0.2, -0.15) is 0 Å². The Morgan fingerprint density at radius 3 is 2.96 bits per heavy atom. The summed E-state index contributed by atoms with van der Waals surface area (Å²) in [6.07, 6.45) is 8.41. The van der Waals surface area contributed by atoms with Crippen molar-refractivity contribution in [2.24, 2.45) is 5.92 Å². The van der Waals surface area contributed by atoms with E-state index in [4.69, 9.17) is 11.6 Å². The first-order valence-corrected chi connectivity index (χ1v) is 9.84. The minimum absolute atomic E-state index is 0.0883. The molecule has 1 amide bonds. The standard InChI is InChI=1S/C20H26ClN3O/c21-17-6-3-8-19-16(17)9-12-24(19)14-20(25)22-13-15-5-4-11-23-10-2-1-7-18(15)23/h3,6,8-9,12,15,18H,1-2,4-5,7,10-11,13-14H2,(H,22,25)/t15-,18+/m0/s1. The van der Waals surface area contributed by atoms with Gasteiger partial charge in [0.2, 0.25) is 5.91 Å². The van der Waals surface area contributed by atoms with Gasteiger partial charge in [0.25, 0.3) is 0 Å². The molecule has 1 N–H and O–H groups in total. The van der Waals surface area contributed by atoms with Crippen LogP contribution in [-0.4, -0.2) is 41.1 Å². The van der Waals surface area contributed by atoms with Crippen LogP contribution in [0.15, 0.2) is 30.5 Å². The Morgan fingerprint density at radius 1 is 1.16 bits per heavy atom. The number of carbonyl (C=O) groups is 1. The average molecular weight is 360 g/mol. The number of nitrogens with one attached hydrogen (secondary N) is 1. The largest absolute Gasteiger partial charge is 0.354 e. The molecule has 2 fully saturated rings. The van der Waals surface area contributed by atoms with Crippen molar-refractivity contribution in [2.45, 2.75) is 44.7 Å². The van der Waals surface area contributed by atoms with E-state index in [1.807, 2.05) is 35.0 Å². The van der Waals surface area contributed by atoms with Crippen molar-refractivity contribution in [3.63, 3.8) is 0 Å². The summed E-state index contributed by atoms with van der Waals surface area (Å²) in [6.45, 7) is 3.64. The third kappa shape index (κ3) is 3.56. The van der Waals surface area contributed by atoms with E-state index in [-0.39, 0.29) is 5.91 Å². The van der Waals surface area contributed by atoms with Crippen molar-refractivity contribution < 1.29 is 4.79 Å². The number of piperidine rings is 2. The highest BCUT2D eigenvalue weighted by Gasteiger charge is 2.32. The summed E-state index contributed by atoms with van der Waals surface area (Å²) in [7, 11) is 0. The molecule has 0 bridgehead atoms. The maximum atomic E-state index is 12.5. The van der Waals surface area contributed by atoms with E-state index in [2.05, 4.69) is 10.2 Å². The lowest BCUT2D eigenvalue weighted by Crippen LogP contribution is -2.51. The Labute approximate surface area is 154 Å². The number of nitrogens with zero attached hydrogens (tertiary/aromatic N) is 2. The molecule has 134 valence electrons. The molecule has 25 heavy (non-hydrogen) atoms. The van der Waals surface area contributed by atoms with Gasteiger partial charge >= 0.3 is 0 Å². The van der Waals surface area contributed by atoms with E-state index in [9.17, 15) is 4.79 Å². The Kier molecular flexibility index (Phi) is 5.00. The zero-order valence-corrected chi connectivity index (χ0v) is 15.3. The van der Waals surface area contributed by atoms with Gasteiger partial charge in [-0.15, -0.1) is 0 Å². The second-order valence-corrected chi connectivity index (χ2v) is 7.83. The molecule has 4 nitrogen and oxygen atoms in total. The number of carbonyl (C=O) groups excluding carboxylic acids is 1. The average Bonchev–Trinajstić information content (AvgIpc) is 3.04. The van der Waals surface area contributed by atoms with Crippen LogP contribution in [0.3, 0.4) is 0 Å². The second kappa shape index (κ2) is 7.38. The fourth-order valence-corrected chi connectivity index (χ4v) is 4.83. The highest BCUT2D eigenvalue weighted by atomic mass is 35.5. The number of fused-ring (bicyclic) bond motifs is 2. The molecule has 0 aliphatic carbocycles. The molecule has 5 heteroatoms. The van der Waals surface area contributed by atoms with Crippen LogP contribution in [0.2, 0.25) is 5.02 Å². The molecular weight excluding hydrogens is 334 g/mol. The number of aromatic nitrogens is 1. The van der Waals surface area contributed by atoms with Crippen LogP contribution in [0.5, 0.6) is 0 Å². The molecule has 2 atom stereocenters. The first-order valence-electron chi connectivity index (χ1n) is 9.46. The number of rotatable bonds is 4. The van der Waals surface area contributed by atoms with E-state index >= 15 is 0 Å². The number of benzene rings is 1. The number of halogens is 1. The molecule has 0 spiro atoms. The van der Waals surface area contributed by atoms with Crippen LogP contribution in [0.25, 0.3) is 10.9 Å². The van der Waals surface area contributed by atoms with Crippen LogP contribution in [0.4, 0.5) is 0 Å². The molecule has 2 aliphatic heterocycles. The predicted octanol–water partition coefficient (Wildman–Crippen LogP) is 3.68. The molecule has 4 rings (SSSR count). The smallest absolute Gasteiger partial charge is 0.239 e. The molecule has 1 aromatic carbocycles. The Balaban J connectivity index is 1.36. The summed E-state index contributed by atoms with van der Waals surface area (Å²) in [5.74, 6) is 0.694. The van der Waals surface area contributed by atoms with Crippen LogP contribution in [0, 0.1) is 5.92 Å². The molecule has 3 heterocycles. The van der Waals surface area contributed by atoms with Gasteiger partial charge in [-0.25, -0.2) is 0 Å². The van der Waals surface area contributed by atoms with Crippen molar-refractivity contribution in [3.8, 4) is 0 Å². The molecule has 2 aliphatic rings. The molecule has 2 saturated heterocycles. The highest BCUT2D eigenvalue weighted by molar-refractivity contribution is 6.35. The highest BCUT2D eigenvalue weighted by Crippen LogP contribution is 2.30. The van der Waals surface area contributed by atoms with Gasteiger partial charge in [0.15, 0.2) is 0 Å². The minimum Gasteiger partial charge on any atom is -0.354 e. The first-order chi connectivity index (χ1) is 12.2. The van der Waals surface area contributed by atoms with Crippen molar-refractivity contribution in [1.29, 1.82) is 0 Å². The summed E-state index contributed by atoms with van der Waals surface area (Å²) in [5, 5.41) is 4.92. The molecule has 1 aromatic heterocycles. The monoisotopic (exact) mass is 359 g/mol. The zero-order chi connectivity index (χ0) is 17.2. The van der Waals surface area contributed by atoms with Gasteiger partial charge in [-0.1, -0.05) is 24.1 Å². The molecular formula is C20H26ClN3O. The quantitative estimate of drug-likeness (QED) is 0.904. The normalized spacial score (nSPS) is 24.2. The van der Waals surface area contributed by atoms with Crippen molar-refractivity contribution >= 4 is 28.4 Å². The summed E-state index contributed by atoms with van der Waals surface area (Å²) in [4.78, 5) is 15.1. The second-order valence-electron chi connectivity index (χ2n) is 7.42.